The zero-order valence-electron chi connectivity index (χ0n) is 21.1. The first kappa shape index (κ1) is 24.1. The summed E-state index contributed by atoms with van der Waals surface area (Å²) in [6.45, 7) is 5.77. The summed E-state index contributed by atoms with van der Waals surface area (Å²) in [5, 5.41) is 3.01. The molecule has 0 atom stereocenters. The molecule has 2 aliphatic heterocycles. The molecule has 3 aromatic rings. The molecule has 190 valence electrons. The number of nitrogens with one attached hydrogen (secondary N) is 1. The van der Waals surface area contributed by atoms with Crippen molar-refractivity contribution in [2.75, 3.05) is 46.4 Å². The molecule has 2 aromatic carbocycles. The molecule has 2 aliphatic rings. The van der Waals surface area contributed by atoms with Crippen LogP contribution in [0.25, 0.3) is 11.0 Å². The Morgan fingerprint density at radius 3 is 2.50 bits per heavy atom. The standard InChI is InChI=1S/C27H34N6O3/c1-30-24-9-8-21(26(34)32-10-3-4-11-32)17-23(24)29-25(30)19-31-12-14-33(15-13-31)27(35)28-18-20-6-5-7-22(16-20)36-2/h5-9,16-17H,3-4,10-15,18-19H2,1-2H3,(H,28,35). The number of aryl methyl sites for hydroxylation is 1. The SMILES string of the molecule is COc1cccc(CNC(=O)N2CCN(Cc3nc4cc(C(=O)N5CCCC5)ccc4n3C)CC2)c1. The third-order valence-corrected chi connectivity index (χ3v) is 7.22. The molecule has 3 heterocycles. The van der Waals surface area contributed by atoms with Gasteiger partial charge >= 0.3 is 6.03 Å². The monoisotopic (exact) mass is 490 g/mol. The molecule has 9 heteroatoms. The van der Waals surface area contributed by atoms with E-state index in [1.807, 2.05) is 59.3 Å². The first-order valence-electron chi connectivity index (χ1n) is 12.6. The number of aromatic nitrogens is 2. The van der Waals surface area contributed by atoms with Crippen LogP contribution in [0.5, 0.6) is 5.75 Å². The molecule has 9 nitrogen and oxygen atoms in total. The van der Waals surface area contributed by atoms with E-state index in [1.165, 1.54) is 0 Å². The maximum atomic E-state index is 12.8. The molecule has 2 fully saturated rings. The van der Waals surface area contributed by atoms with Gasteiger partial charge in [-0.3, -0.25) is 9.69 Å². The van der Waals surface area contributed by atoms with Gasteiger partial charge in [0.15, 0.2) is 0 Å². The Morgan fingerprint density at radius 1 is 0.972 bits per heavy atom. The van der Waals surface area contributed by atoms with Crippen molar-refractivity contribution in [3.63, 3.8) is 0 Å². The fourth-order valence-corrected chi connectivity index (χ4v) is 5.01. The van der Waals surface area contributed by atoms with Crippen molar-refractivity contribution >= 4 is 23.0 Å². The number of methoxy groups -OCH3 is 1. The lowest BCUT2D eigenvalue weighted by Gasteiger charge is -2.34. The van der Waals surface area contributed by atoms with Crippen LogP contribution in [0.1, 0.15) is 34.6 Å². The van der Waals surface area contributed by atoms with Crippen molar-refractivity contribution in [2.45, 2.75) is 25.9 Å². The minimum atomic E-state index is -0.0459. The van der Waals surface area contributed by atoms with Crippen molar-refractivity contribution < 1.29 is 14.3 Å². The number of carbonyl (C=O) groups is 2. The smallest absolute Gasteiger partial charge is 0.317 e. The Bertz CT molecular complexity index is 1240. The molecule has 0 aliphatic carbocycles. The molecule has 1 aromatic heterocycles. The zero-order valence-corrected chi connectivity index (χ0v) is 21.1. The van der Waals surface area contributed by atoms with E-state index in [1.54, 1.807) is 7.11 Å². The summed E-state index contributed by atoms with van der Waals surface area (Å²) in [5.41, 5.74) is 3.60. The van der Waals surface area contributed by atoms with Crippen molar-refractivity contribution in [3.8, 4) is 5.75 Å². The quantitative estimate of drug-likeness (QED) is 0.575. The number of imidazole rings is 1. The lowest BCUT2D eigenvalue weighted by molar-refractivity contribution is 0.0793. The number of carbonyl (C=O) groups excluding carboxylic acids is 2. The zero-order chi connectivity index (χ0) is 25.1. The van der Waals surface area contributed by atoms with Gasteiger partial charge in [-0.15, -0.1) is 0 Å². The summed E-state index contributed by atoms with van der Waals surface area (Å²) in [7, 11) is 3.66. The van der Waals surface area contributed by atoms with Crippen LogP contribution in [0, 0.1) is 0 Å². The molecule has 0 bridgehead atoms. The fraction of sp³-hybridized carbons (Fsp3) is 0.444. The van der Waals surface area contributed by atoms with E-state index < -0.39 is 0 Å². The number of fused-ring (bicyclic) bond motifs is 1. The lowest BCUT2D eigenvalue weighted by atomic mass is 10.2. The van der Waals surface area contributed by atoms with Crippen LogP contribution in [-0.4, -0.2) is 82.6 Å². The van der Waals surface area contributed by atoms with Gasteiger partial charge in [0.2, 0.25) is 0 Å². The second kappa shape index (κ2) is 10.6. The first-order chi connectivity index (χ1) is 17.5. The van der Waals surface area contributed by atoms with Crippen LogP contribution in [0.3, 0.4) is 0 Å². The predicted octanol–water partition coefficient (Wildman–Crippen LogP) is 2.85. The Kier molecular flexibility index (Phi) is 7.09. The summed E-state index contributed by atoms with van der Waals surface area (Å²) in [6, 6.07) is 13.5. The predicted molar refractivity (Wildman–Crippen MR) is 138 cm³/mol. The van der Waals surface area contributed by atoms with Gasteiger partial charge in [-0.2, -0.15) is 0 Å². The van der Waals surface area contributed by atoms with Gasteiger partial charge in [0.05, 0.1) is 24.7 Å². The molecule has 0 unspecified atom stereocenters. The molecule has 36 heavy (non-hydrogen) atoms. The highest BCUT2D eigenvalue weighted by Crippen LogP contribution is 2.21. The number of hydrogen-bond donors (Lipinski definition) is 1. The number of piperazine rings is 1. The van der Waals surface area contributed by atoms with E-state index in [9.17, 15) is 9.59 Å². The van der Waals surface area contributed by atoms with Crippen LogP contribution in [-0.2, 0) is 20.1 Å². The molecule has 5 rings (SSSR count). The summed E-state index contributed by atoms with van der Waals surface area (Å²) in [6.07, 6.45) is 2.16. The van der Waals surface area contributed by atoms with Crippen LogP contribution in [0.2, 0.25) is 0 Å². The summed E-state index contributed by atoms with van der Waals surface area (Å²) in [5.74, 6) is 1.85. The normalized spacial score (nSPS) is 16.5. The van der Waals surface area contributed by atoms with Gasteiger partial charge in [0, 0.05) is 58.4 Å². The van der Waals surface area contributed by atoms with E-state index in [4.69, 9.17) is 9.72 Å². The average molecular weight is 491 g/mol. The number of benzene rings is 2. The van der Waals surface area contributed by atoms with Gasteiger partial charge in [-0.05, 0) is 48.7 Å². The van der Waals surface area contributed by atoms with Crippen molar-refractivity contribution in [2.24, 2.45) is 7.05 Å². The molecular weight excluding hydrogens is 456 g/mol. The number of rotatable bonds is 6. The molecule has 0 radical (unpaired) electrons. The molecule has 0 saturated carbocycles. The van der Waals surface area contributed by atoms with Gasteiger partial charge in [0.1, 0.15) is 11.6 Å². The van der Waals surface area contributed by atoms with Gasteiger partial charge in [-0.25, -0.2) is 9.78 Å². The van der Waals surface area contributed by atoms with E-state index in [-0.39, 0.29) is 11.9 Å². The molecule has 3 amide bonds. The van der Waals surface area contributed by atoms with Gasteiger partial charge in [0.25, 0.3) is 5.91 Å². The van der Waals surface area contributed by atoms with E-state index in [0.717, 1.165) is 67.2 Å². The third kappa shape index (κ3) is 5.16. The largest absolute Gasteiger partial charge is 0.497 e. The number of hydrogen-bond acceptors (Lipinski definition) is 5. The Balaban J connectivity index is 1.15. The van der Waals surface area contributed by atoms with Crippen LogP contribution >= 0.6 is 0 Å². The van der Waals surface area contributed by atoms with E-state index >= 15 is 0 Å². The Labute approximate surface area is 211 Å². The average Bonchev–Trinajstić information content (AvgIpc) is 3.56. The van der Waals surface area contributed by atoms with Crippen molar-refractivity contribution in [1.82, 2.24) is 29.6 Å². The van der Waals surface area contributed by atoms with Crippen LogP contribution in [0.15, 0.2) is 42.5 Å². The molecule has 2 saturated heterocycles. The van der Waals surface area contributed by atoms with Gasteiger partial charge < -0.3 is 24.4 Å². The number of ether oxygens (including phenoxy) is 1. The van der Waals surface area contributed by atoms with Crippen molar-refractivity contribution in [1.29, 1.82) is 0 Å². The minimum absolute atomic E-state index is 0.0459. The third-order valence-electron chi connectivity index (χ3n) is 7.22. The highest BCUT2D eigenvalue weighted by Gasteiger charge is 2.23. The van der Waals surface area contributed by atoms with Crippen molar-refractivity contribution in [3.05, 3.63) is 59.4 Å². The maximum Gasteiger partial charge on any atom is 0.317 e. The second-order valence-corrected chi connectivity index (χ2v) is 9.56. The topological polar surface area (TPSA) is 82.9 Å². The van der Waals surface area contributed by atoms with Crippen LogP contribution < -0.4 is 10.1 Å². The Hall–Kier alpha value is -3.59. The van der Waals surface area contributed by atoms with Crippen LogP contribution in [0.4, 0.5) is 4.79 Å². The summed E-state index contributed by atoms with van der Waals surface area (Å²) in [4.78, 5) is 36.4. The van der Waals surface area contributed by atoms with Gasteiger partial charge in [-0.1, -0.05) is 12.1 Å². The molecular formula is C27H34N6O3. The molecule has 1 N–H and O–H groups in total. The maximum absolute atomic E-state index is 12.8. The van der Waals surface area contributed by atoms with E-state index in [2.05, 4.69) is 14.8 Å². The number of nitrogens with zero attached hydrogens (tertiary/aromatic N) is 5. The summed E-state index contributed by atoms with van der Waals surface area (Å²) < 4.78 is 7.35. The first-order valence-corrected chi connectivity index (χ1v) is 12.6. The number of amides is 3. The highest BCUT2D eigenvalue weighted by atomic mass is 16.5. The number of urea groups is 1. The fourth-order valence-electron chi connectivity index (χ4n) is 5.01. The lowest BCUT2D eigenvalue weighted by Crippen LogP contribution is -2.51. The van der Waals surface area contributed by atoms with E-state index in [0.29, 0.717) is 31.7 Å². The summed E-state index contributed by atoms with van der Waals surface area (Å²) >= 11 is 0. The molecule has 0 spiro atoms. The second-order valence-electron chi connectivity index (χ2n) is 9.56. The number of likely N-dealkylation sites (tertiary alicyclic amines) is 1. The minimum Gasteiger partial charge on any atom is -0.497 e. The Morgan fingerprint density at radius 2 is 1.75 bits per heavy atom. The highest BCUT2D eigenvalue weighted by molar-refractivity contribution is 5.97.